The first-order valence-corrected chi connectivity index (χ1v) is 4.28. The van der Waals surface area contributed by atoms with E-state index >= 15 is 0 Å². The molecule has 0 aliphatic carbocycles. The van der Waals surface area contributed by atoms with Gasteiger partial charge < -0.3 is 9.64 Å². The molecule has 1 aromatic rings. The number of hydrogen-bond acceptors (Lipinski definition) is 4. The minimum absolute atomic E-state index is 0.356. The van der Waals surface area contributed by atoms with Crippen molar-refractivity contribution in [3.63, 3.8) is 0 Å². The largest absolute Gasteiger partial charge is 0.465 e. The Morgan fingerprint density at radius 3 is 2.57 bits per heavy atom. The molecule has 1 heterocycles. The lowest BCUT2D eigenvalue weighted by Gasteiger charge is -2.14. The normalized spacial score (nSPS) is 9.71. The van der Waals surface area contributed by atoms with Gasteiger partial charge >= 0.3 is 5.97 Å². The summed E-state index contributed by atoms with van der Waals surface area (Å²) in [5, 5.41) is 0. The van der Waals surface area contributed by atoms with Crippen molar-refractivity contribution in [3.8, 4) is 0 Å². The number of nitrogens with zero attached hydrogens (tertiary/aromatic N) is 2. The second-order valence-corrected chi connectivity index (χ2v) is 3.25. The number of pyridine rings is 1. The molecular formula is C10H14N2O2. The van der Waals surface area contributed by atoms with Gasteiger partial charge in [-0.15, -0.1) is 0 Å². The van der Waals surface area contributed by atoms with E-state index in [4.69, 9.17) is 0 Å². The van der Waals surface area contributed by atoms with Crippen molar-refractivity contribution in [2.45, 2.75) is 6.92 Å². The third-order valence-corrected chi connectivity index (χ3v) is 1.90. The van der Waals surface area contributed by atoms with Crippen LogP contribution in [0.4, 0.5) is 5.82 Å². The first kappa shape index (κ1) is 10.5. The highest BCUT2D eigenvalue weighted by molar-refractivity contribution is 5.89. The van der Waals surface area contributed by atoms with E-state index < -0.39 is 0 Å². The molecule has 0 spiro atoms. The summed E-state index contributed by atoms with van der Waals surface area (Å²) in [6, 6.07) is 1.77. The second kappa shape index (κ2) is 4.09. The number of rotatable bonds is 2. The molecule has 4 nitrogen and oxygen atoms in total. The van der Waals surface area contributed by atoms with Gasteiger partial charge in [0.2, 0.25) is 0 Å². The Labute approximate surface area is 83.5 Å². The van der Waals surface area contributed by atoms with E-state index in [2.05, 4.69) is 9.72 Å². The molecule has 4 heteroatoms. The Morgan fingerprint density at radius 2 is 2.14 bits per heavy atom. The highest BCUT2D eigenvalue weighted by atomic mass is 16.5. The zero-order chi connectivity index (χ0) is 10.7. The predicted molar refractivity (Wildman–Crippen MR) is 54.6 cm³/mol. The fourth-order valence-corrected chi connectivity index (χ4v) is 1.27. The SMILES string of the molecule is COC(=O)c1cnc(N(C)C)c(C)c1. The van der Waals surface area contributed by atoms with Crippen LogP contribution >= 0.6 is 0 Å². The lowest BCUT2D eigenvalue weighted by Crippen LogP contribution is -2.13. The van der Waals surface area contributed by atoms with Gasteiger partial charge in [0.25, 0.3) is 0 Å². The summed E-state index contributed by atoms with van der Waals surface area (Å²) in [7, 11) is 5.18. The third kappa shape index (κ3) is 2.02. The maximum atomic E-state index is 11.2. The zero-order valence-corrected chi connectivity index (χ0v) is 8.87. The Morgan fingerprint density at radius 1 is 1.50 bits per heavy atom. The average molecular weight is 194 g/mol. The zero-order valence-electron chi connectivity index (χ0n) is 8.87. The molecule has 76 valence electrons. The first-order valence-electron chi connectivity index (χ1n) is 4.28. The quantitative estimate of drug-likeness (QED) is 0.664. The average Bonchev–Trinajstić information content (AvgIpc) is 2.15. The molecule has 0 amide bonds. The monoisotopic (exact) mass is 194 g/mol. The summed E-state index contributed by atoms with van der Waals surface area (Å²) < 4.78 is 4.60. The molecule has 0 aliphatic rings. The number of carbonyl (C=O) groups excluding carboxylic acids is 1. The smallest absolute Gasteiger partial charge is 0.339 e. The van der Waals surface area contributed by atoms with Crippen molar-refractivity contribution < 1.29 is 9.53 Å². The lowest BCUT2D eigenvalue weighted by atomic mass is 10.2. The van der Waals surface area contributed by atoms with E-state index in [-0.39, 0.29) is 5.97 Å². The van der Waals surface area contributed by atoms with Crippen molar-refractivity contribution in [3.05, 3.63) is 23.4 Å². The number of ether oxygens (including phenoxy) is 1. The van der Waals surface area contributed by atoms with Crippen LogP contribution in [0.15, 0.2) is 12.3 Å². The highest BCUT2D eigenvalue weighted by Crippen LogP contribution is 2.15. The van der Waals surface area contributed by atoms with E-state index in [0.717, 1.165) is 11.4 Å². The summed E-state index contributed by atoms with van der Waals surface area (Å²) in [5.41, 5.74) is 1.44. The molecule has 0 radical (unpaired) electrons. The summed E-state index contributed by atoms with van der Waals surface area (Å²) in [5.74, 6) is 0.503. The Kier molecular flexibility index (Phi) is 3.06. The van der Waals surface area contributed by atoms with Crippen molar-refractivity contribution in [1.82, 2.24) is 4.98 Å². The Bertz CT molecular complexity index is 348. The van der Waals surface area contributed by atoms with Crippen molar-refractivity contribution in [1.29, 1.82) is 0 Å². The number of methoxy groups -OCH3 is 1. The molecule has 0 saturated heterocycles. The standard InChI is InChI=1S/C10H14N2O2/c1-7-5-8(10(13)14-4)6-11-9(7)12(2)3/h5-6H,1-4H3. The second-order valence-electron chi connectivity index (χ2n) is 3.25. The summed E-state index contributed by atoms with van der Waals surface area (Å²) in [6.45, 7) is 1.91. The summed E-state index contributed by atoms with van der Waals surface area (Å²) in [4.78, 5) is 17.2. The molecule has 0 unspecified atom stereocenters. The van der Waals surface area contributed by atoms with Gasteiger partial charge in [0.15, 0.2) is 0 Å². The number of hydrogen-bond donors (Lipinski definition) is 0. The molecule has 0 saturated carbocycles. The molecular weight excluding hydrogens is 180 g/mol. The van der Waals surface area contributed by atoms with Crippen LogP contribution in [0.25, 0.3) is 0 Å². The van der Waals surface area contributed by atoms with E-state index in [1.54, 1.807) is 6.07 Å². The number of anilines is 1. The fraction of sp³-hybridized carbons (Fsp3) is 0.400. The predicted octanol–water partition coefficient (Wildman–Crippen LogP) is 1.24. The van der Waals surface area contributed by atoms with Crippen molar-refractivity contribution >= 4 is 11.8 Å². The van der Waals surface area contributed by atoms with E-state index in [1.165, 1.54) is 13.3 Å². The van der Waals surface area contributed by atoms with Gasteiger partial charge in [0.1, 0.15) is 5.82 Å². The van der Waals surface area contributed by atoms with Crippen molar-refractivity contribution in [2.75, 3.05) is 26.1 Å². The number of carbonyl (C=O) groups is 1. The minimum atomic E-state index is -0.356. The lowest BCUT2D eigenvalue weighted by molar-refractivity contribution is 0.0600. The van der Waals surface area contributed by atoms with Crippen LogP contribution in [0.1, 0.15) is 15.9 Å². The molecule has 1 aromatic heterocycles. The van der Waals surface area contributed by atoms with Crippen LogP contribution in [-0.2, 0) is 4.74 Å². The molecule has 14 heavy (non-hydrogen) atoms. The topological polar surface area (TPSA) is 42.4 Å². The third-order valence-electron chi connectivity index (χ3n) is 1.90. The van der Waals surface area contributed by atoms with Gasteiger partial charge in [-0.05, 0) is 18.6 Å². The summed E-state index contributed by atoms with van der Waals surface area (Å²) >= 11 is 0. The van der Waals surface area contributed by atoms with Gasteiger partial charge in [-0.3, -0.25) is 0 Å². The molecule has 0 aliphatic heterocycles. The van der Waals surface area contributed by atoms with Crippen LogP contribution in [0.3, 0.4) is 0 Å². The number of aryl methyl sites for hydroxylation is 1. The summed E-state index contributed by atoms with van der Waals surface area (Å²) in [6.07, 6.45) is 1.52. The fourth-order valence-electron chi connectivity index (χ4n) is 1.27. The molecule has 0 atom stereocenters. The van der Waals surface area contributed by atoms with E-state index in [9.17, 15) is 4.79 Å². The van der Waals surface area contributed by atoms with Crippen LogP contribution in [-0.4, -0.2) is 32.2 Å². The molecule has 0 fully saturated rings. The van der Waals surface area contributed by atoms with Gasteiger partial charge in [-0.2, -0.15) is 0 Å². The molecule has 0 N–H and O–H groups in total. The van der Waals surface area contributed by atoms with Gasteiger partial charge in [-0.25, -0.2) is 9.78 Å². The van der Waals surface area contributed by atoms with Gasteiger partial charge in [-0.1, -0.05) is 0 Å². The van der Waals surface area contributed by atoms with Crippen LogP contribution in [0.5, 0.6) is 0 Å². The highest BCUT2D eigenvalue weighted by Gasteiger charge is 2.09. The Hall–Kier alpha value is -1.58. The van der Waals surface area contributed by atoms with Crippen molar-refractivity contribution in [2.24, 2.45) is 0 Å². The Balaban J connectivity index is 3.06. The number of aromatic nitrogens is 1. The molecule has 1 rings (SSSR count). The minimum Gasteiger partial charge on any atom is -0.465 e. The molecule has 0 aromatic carbocycles. The first-order chi connectivity index (χ1) is 6.56. The van der Waals surface area contributed by atoms with E-state index in [1.807, 2.05) is 25.9 Å². The molecule has 0 bridgehead atoms. The van der Waals surface area contributed by atoms with E-state index in [0.29, 0.717) is 5.56 Å². The van der Waals surface area contributed by atoms with Crippen LogP contribution in [0.2, 0.25) is 0 Å². The number of esters is 1. The van der Waals surface area contributed by atoms with Gasteiger partial charge in [0.05, 0.1) is 12.7 Å². The van der Waals surface area contributed by atoms with Gasteiger partial charge in [0, 0.05) is 20.3 Å². The van der Waals surface area contributed by atoms with Crippen LogP contribution < -0.4 is 4.90 Å². The maximum absolute atomic E-state index is 11.2. The van der Waals surface area contributed by atoms with Crippen LogP contribution in [0, 0.1) is 6.92 Å². The maximum Gasteiger partial charge on any atom is 0.339 e.